The summed E-state index contributed by atoms with van der Waals surface area (Å²) in [6.07, 6.45) is 2.50. The molecule has 0 heterocycles. The minimum Gasteiger partial charge on any atom is -0.372 e. The zero-order chi connectivity index (χ0) is 14.3. The molecule has 0 saturated carbocycles. The van der Waals surface area contributed by atoms with Gasteiger partial charge in [-0.1, -0.05) is 49.2 Å². The Bertz CT molecular complexity index is 377. The molecule has 1 rings (SSSR count). The molecule has 2 nitrogen and oxygen atoms in total. The van der Waals surface area contributed by atoms with Gasteiger partial charge in [0.25, 0.3) is 0 Å². The zero-order valence-electron chi connectivity index (χ0n) is 12.7. The van der Waals surface area contributed by atoms with E-state index in [1.54, 1.807) is 0 Å². The van der Waals surface area contributed by atoms with E-state index >= 15 is 0 Å². The molecule has 0 amide bonds. The van der Waals surface area contributed by atoms with Crippen LogP contribution in [0.1, 0.15) is 46.1 Å². The quantitative estimate of drug-likeness (QED) is 0.752. The van der Waals surface area contributed by atoms with Crippen LogP contribution in [-0.2, 0) is 6.54 Å². The number of halogens is 1. The van der Waals surface area contributed by atoms with Gasteiger partial charge in [-0.2, -0.15) is 0 Å². The normalized spacial score (nSPS) is 11.1. The highest BCUT2D eigenvalue weighted by molar-refractivity contribution is 9.10. The fourth-order valence-corrected chi connectivity index (χ4v) is 2.52. The average Bonchev–Trinajstić information content (AvgIpc) is 2.38. The summed E-state index contributed by atoms with van der Waals surface area (Å²) < 4.78 is 1.20. The van der Waals surface area contributed by atoms with E-state index in [0.717, 1.165) is 19.6 Å². The molecule has 1 aromatic rings. The van der Waals surface area contributed by atoms with Gasteiger partial charge in [0.05, 0.1) is 0 Å². The van der Waals surface area contributed by atoms with Crippen molar-refractivity contribution in [1.29, 1.82) is 0 Å². The third kappa shape index (κ3) is 5.53. The monoisotopic (exact) mass is 326 g/mol. The number of hydrogen-bond acceptors (Lipinski definition) is 2. The van der Waals surface area contributed by atoms with Crippen molar-refractivity contribution in [2.45, 2.75) is 53.1 Å². The first-order valence-electron chi connectivity index (χ1n) is 7.35. The third-order valence-electron chi connectivity index (χ3n) is 3.27. The Morgan fingerprint density at radius 2 is 2.00 bits per heavy atom. The van der Waals surface area contributed by atoms with Crippen LogP contribution in [0.2, 0.25) is 0 Å². The summed E-state index contributed by atoms with van der Waals surface area (Å²) in [5.74, 6) is 0. The summed E-state index contributed by atoms with van der Waals surface area (Å²) in [6, 6.07) is 7.23. The highest BCUT2D eigenvalue weighted by Gasteiger charge is 2.07. The van der Waals surface area contributed by atoms with Gasteiger partial charge in [-0.3, -0.25) is 0 Å². The van der Waals surface area contributed by atoms with Crippen LogP contribution >= 0.6 is 15.9 Å². The van der Waals surface area contributed by atoms with Crippen molar-refractivity contribution in [2.75, 3.05) is 18.0 Å². The maximum atomic E-state index is 3.70. The zero-order valence-corrected chi connectivity index (χ0v) is 14.3. The summed E-state index contributed by atoms with van der Waals surface area (Å²) >= 11 is 3.70. The van der Waals surface area contributed by atoms with Gasteiger partial charge in [0.1, 0.15) is 0 Å². The second-order valence-corrected chi connectivity index (χ2v) is 6.10. The number of rotatable bonds is 8. The van der Waals surface area contributed by atoms with E-state index in [-0.39, 0.29) is 0 Å². The summed E-state index contributed by atoms with van der Waals surface area (Å²) in [5, 5.41) is 3.46. The first-order chi connectivity index (χ1) is 9.08. The lowest BCUT2D eigenvalue weighted by Gasteiger charge is -2.24. The molecule has 0 bridgehead atoms. The van der Waals surface area contributed by atoms with Crippen molar-refractivity contribution in [3.63, 3.8) is 0 Å². The van der Waals surface area contributed by atoms with Crippen molar-refractivity contribution >= 4 is 21.6 Å². The second-order valence-electron chi connectivity index (χ2n) is 5.24. The van der Waals surface area contributed by atoms with E-state index < -0.39 is 0 Å². The van der Waals surface area contributed by atoms with Gasteiger partial charge < -0.3 is 10.2 Å². The minimum atomic E-state index is 0.517. The van der Waals surface area contributed by atoms with Gasteiger partial charge in [-0.05, 0) is 31.0 Å². The highest BCUT2D eigenvalue weighted by Crippen LogP contribution is 2.24. The molecule has 19 heavy (non-hydrogen) atoms. The van der Waals surface area contributed by atoms with Gasteiger partial charge in [0, 0.05) is 35.8 Å². The fraction of sp³-hybridized carbons (Fsp3) is 0.625. The Balaban J connectivity index is 2.73. The first kappa shape index (κ1) is 16.5. The lowest BCUT2D eigenvalue weighted by atomic mass is 10.1. The van der Waals surface area contributed by atoms with Crippen LogP contribution in [-0.4, -0.2) is 19.1 Å². The number of anilines is 1. The van der Waals surface area contributed by atoms with Crippen molar-refractivity contribution in [1.82, 2.24) is 5.32 Å². The molecule has 108 valence electrons. The molecular weight excluding hydrogens is 300 g/mol. The van der Waals surface area contributed by atoms with Crippen LogP contribution in [0.4, 0.5) is 5.69 Å². The van der Waals surface area contributed by atoms with E-state index in [2.05, 4.69) is 72.0 Å². The predicted molar refractivity (Wildman–Crippen MR) is 88.9 cm³/mol. The van der Waals surface area contributed by atoms with Crippen molar-refractivity contribution in [2.24, 2.45) is 0 Å². The smallest absolute Gasteiger partial charge is 0.0377 e. The molecule has 0 aliphatic heterocycles. The van der Waals surface area contributed by atoms with E-state index in [0.29, 0.717) is 6.04 Å². The van der Waals surface area contributed by atoms with E-state index in [1.807, 2.05) is 0 Å². The van der Waals surface area contributed by atoms with Gasteiger partial charge in [-0.15, -0.1) is 0 Å². The lowest BCUT2D eigenvalue weighted by molar-refractivity contribution is 0.588. The standard InChI is InChI=1S/C16H27BrN2/c1-5-7-10-19(6-2)15-9-8-14(16(17)11-15)12-18-13(3)4/h8-9,11,13,18H,5-7,10,12H2,1-4H3. The largest absolute Gasteiger partial charge is 0.372 e. The van der Waals surface area contributed by atoms with Gasteiger partial charge in [-0.25, -0.2) is 0 Å². The van der Waals surface area contributed by atoms with Crippen LogP contribution in [0.25, 0.3) is 0 Å². The van der Waals surface area contributed by atoms with Crippen LogP contribution in [0.15, 0.2) is 22.7 Å². The molecule has 1 aromatic carbocycles. The third-order valence-corrected chi connectivity index (χ3v) is 4.00. The average molecular weight is 327 g/mol. The molecule has 0 spiro atoms. The van der Waals surface area contributed by atoms with E-state index in [9.17, 15) is 0 Å². The van der Waals surface area contributed by atoms with Crippen molar-refractivity contribution in [3.8, 4) is 0 Å². The van der Waals surface area contributed by atoms with Crippen LogP contribution in [0.3, 0.4) is 0 Å². The molecule has 0 aliphatic carbocycles. The van der Waals surface area contributed by atoms with E-state index in [1.165, 1.54) is 28.6 Å². The SMILES string of the molecule is CCCCN(CC)c1ccc(CNC(C)C)c(Br)c1. The molecule has 0 aliphatic rings. The highest BCUT2D eigenvalue weighted by atomic mass is 79.9. The molecule has 1 N–H and O–H groups in total. The predicted octanol–water partition coefficient (Wildman–Crippen LogP) is 4.57. The summed E-state index contributed by atoms with van der Waals surface area (Å²) in [4.78, 5) is 2.44. The van der Waals surface area contributed by atoms with Crippen molar-refractivity contribution < 1.29 is 0 Å². The topological polar surface area (TPSA) is 15.3 Å². The van der Waals surface area contributed by atoms with Crippen molar-refractivity contribution in [3.05, 3.63) is 28.2 Å². The summed E-state index contributed by atoms with van der Waals surface area (Å²) in [6.45, 7) is 11.9. The molecule has 0 unspecified atom stereocenters. The van der Waals surface area contributed by atoms with Gasteiger partial charge >= 0.3 is 0 Å². The number of hydrogen-bond donors (Lipinski definition) is 1. The Morgan fingerprint density at radius 3 is 2.53 bits per heavy atom. The summed E-state index contributed by atoms with van der Waals surface area (Å²) in [5.41, 5.74) is 2.64. The summed E-state index contributed by atoms with van der Waals surface area (Å²) in [7, 11) is 0. The second kappa shape index (κ2) is 8.60. The lowest BCUT2D eigenvalue weighted by Crippen LogP contribution is -2.24. The molecule has 3 heteroatoms. The molecule has 0 radical (unpaired) electrons. The maximum Gasteiger partial charge on any atom is 0.0377 e. The van der Waals surface area contributed by atoms with Gasteiger partial charge in [0.2, 0.25) is 0 Å². The molecule has 0 saturated heterocycles. The minimum absolute atomic E-state index is 0.517. The first-order valence-corrected chi connectivity index (χ1v) is 8.14. The Morgan fingerprint density at radius 1 is 1.26 bits per heavy atom. The van der Waals surface area contributed by atoms with Crippen LogP contribution in [0, 0.1) is 0 Å². The number of unbranched alkanes of at least 4 members (excludes halogenated alkanes) is 1. The number of benzene rings is 1. The van der Waals surface area contributed by atoms with Crippen LogP contribution in [0.5, 0.6) is 0 Å². The molecule has 0 atom stereocenters. The van der Waals surface area contributed by atoms with E-state index in [4.69, 9.17) is 0 Å². The Hall–Kier alpha value is -0.540. The Kier molecular flexibility index (Phi) is 7.47. The maximum absolute atomic E-state index is 3.70. The number of nitrogens with zero attached hydrogens (tertiary/aromatic N) is 1. The van der Waals surface area contributed by atoms with Gasteiger partial charge in [0.15, 0.2) is 0 Å². The molecular formula is C16H27BrN2. The molecule has 0 aromatic heterocycles. The molecule has 0 fully saturated rings. The Labute approximate surface area is 126 Å². The van der Waals surface area contributed by atoms with Crippen LogP contribution < -0.4 is 10.2 Å². The fourth-order valence-electron chi connectivity index (χ4n) is 2.01. The number of nitrogens with one attached hydrogen (secondary N) is 1.